The number of amides is 2. The topological polar surface area (TPSA) is 105 Å². The van der Waals surface area contributed by atoms with Crippen molar-refractivity contribution in [2.75, 3.05) is 19.7 Å². The van der Waals surface area contributed by atoms with E-state index in [1.807, 2.05) is 24.3 Å². The van der Waals surface area contributed by atoms with Gasteiger partial charge in [0.25, 0.3) is 0 Å². The highest BCUT2D eigenvalue weighted by molar-refractivity contribution is 5.92. The van der Waals surface area contributed by atoms with Crippen LogP contribution in [0.3, 0.4) is 0 Å². The number of unbranched alkanes of at least 4 members (excludes halogenated alkanes) is 3. The van der Waals surface area contributed by atoms with E-state index in [4.69, 9.17) is 9.84 Å². The molecule has 0 atom stereocenters. The van der Waals surface area contributed by atoms with E-state index in [9.17, 15) is 14.4 Å². The largest absolute Gasteiger partial charge is 0.481 e. The van der Waals surface area contributed by atoms with Gasteiger partial charge in [0, 0.05) is 31.0 Å². The van der Waals surface area contributed by atoms with Gasteiger partial charge in [-0.25, -0.2) is 4.79 Å². The molecule has 2 aromatic carbocycles. The highest BCUT2D eigenvalue weighted by Crippen LogP contribution is 2.44. The van der Waals surface area contributed by atoms with Crippen molar-refractivity contribution in [2.24, 2.45) is 0 Å². The number of carbonyl (C=O) groups excluding carboxylic acids is 2. The first-order valence-electron chi connectivity index (χ1n) is 11.7. The lowest BCUT2D eigenvalue weighted by molar-refractivity contribution is -0.137. The van der Waals surface area contributed by atoms with Crippen LogP contribution in [0.25, 0.3) is 11.1 Å². The summed E-state index contributed by atoms with van der Waals surface area (Å²) in [6, 6.07) is 16.3. The maximum Gasteiger partial charge on any atom is 0.407 e. The molecule has 0 saturated carbocycles. The van der Waals surface area contributed by atoms with E-state index in [1.54, 1.807) is 13.0 Å². The van der Waals surface area contributed by atoms with Crippen molar-refractivity contribution in [1.29, 1.82) is 0 Å². The standard InChI is InChI=1S/C27H32N2O5/c1-19(26(32)28-16-9-3-2-4-14-25(30)31)15-17-29-27(33)34-18-24-22-12-7-5-10-20(22)21-11-6-8-13-23(21)24/h5-8,10-13,15,24H,2-4,9,14,16-18H2,1H3,(H,28,32)(H,29,33)(H,30,31)/b19-15+. The van der Waals surface area contributed by atoms with Crippen molar-refractivity contribution in [1.82, 2.24) is 10.6 Å². The molecule has 0 fully saturated rings. The van der Waals surface area contributed by atoms with Gasteiger partial charge in [0.1, 0.15) is 6.61 Å². The summed E-state index contributed by atoms with van der Waals surface area (Å²) in [5, 5.41) is 14.1. The van der Waals surface area contributed by atoms with Crippen LogP contribution >= 0.6 is 0 Å². The third-order valence-electron chi connectivity index (χ3n) is 5.96. The first-order valence-corrected chi connectivity index (χ1v) is 11.7. The summed E-state index contributed by atoms with van der Waals surface area (Å²) in [4.78, 5) is 34.8. The van der Waals surface area contributed by atoms with E-state index in [-0.39, 0.29) is 31.4 Å². The van der Waals surface area contributed by atoms with Gasteiger partial charge in [-0.05, 0) is 42.0 Å². The van der Waals surface area contributed by atoms with Crippen molar-refractivity contribution >= 4 is 18.0 Å². The third kappa shape index (κ3) is 6.94. The fraction of sp³-hybridized carbons (Fsp3) is 0.370. The van der Waals surface area contributed by atoms with Crippen LogP contribution in [0.4, 0.5) is 4.79 Å². The Hall–Kier alpha value is -3.61. The number of benzene rings is 2. The lowest BCUT2D eigenvalue weighted by atomic mass is 9.98. The Morgan fingerprint density at radius 2 is 1.53 bits per heavy atom. The second-order valence-electron chi connectivity index (χ2n) is 8.41. The third-order valence-corrected chi connectivity index (χ3v) is 5.96. The van der Waals surface area contributed by atoms with Gasteiger partial charge in [0.15, 0.2) is 0 Å². The lowest BCUT2D eigenvalue weighted by Crippen LogP contribution is -2.28. The minimum absolute atomic E-state index is 0.00494. The number of carboxylic acids is 1. The predicted octanol–water partition coefficient (Wildman–Crippen LogP) is 4.62. The maximum absolute atomic E-state index is 12.2. The zero-order valence-electron chi connectivity index (χ0n) is 19.5. The van der Waals surface area contributed by atoms with Crippen LogP contribution in [-0.2, 0) is 14.3 Å². The van der Waals surface area contributed by atoms with Crippen molar-refractivity contribution in [3.8, 4) is 11.1 Å². The molecule has 3 N–H and O–H groups in total. The maximum atomic E-state index is 12.2. The number of hydrogen-bond acceptors (Lipinski definition) is 4. The Balaban J connectivity index is 1.37. The molecule has 0 saturated heterocycles. The second kappa shape index (κ2) is 12.6. The molecular formula is C27H32N2O5. The number of aliphatic carboxylic acids is 1. The average molecular weight is 465 g/mol. The molecule has 34 heavy (non-hydrogen) atoms. The van der Waals surface area contributed by atoms with E-state index < -0.39 is 12.1 Å². The average Bonchev–Trinajstić information content (AvgIpc) is 3.15. The fourth-order valence-electron chi connectivity index (χ4n) is 4.13. The van der Waals surface area contributed by atoms with Crippen molar-refractivity contribution in [3.63, 3.8) is 0 Å². The SMILES string of the molecule is C/C(=C\CNC(=O)OCC1c2ccccc2-c2ccccc21)C(=O)NCCCCCCC(=O)O. The first kappa shape index (κ1) is 25.0. The summed E-state index contributed by atoms with van der Waals surface area (Å²) >= 11 is 0. The molecule has 1 aliphatic carbocycles. The van der Waals surface area contributed by atoms with Gasteiger partial charge in [-0.15, -0.1) is 0 Å². The Morgan fingerprint density at radius 1 is 0.912 bits per heavy atom. The Morgan fingerprint density at radius 3 is 2.18 bits per heavy atom. The normalized spacial score (nSPS) is 12.6. The minimum atomic E-state index is -0.777. The Labute approximate surface area is 200 Å². The number of rotatable bonds is 12. The summed E-state index contributed by atoms with van der Waals surface area (Å²) in [7, 11) is 0. The number of carbonyl (C=O) groups is 3. The molecule has 0 bridgehead atoms. The van der Waals surface area contributed by atoms with E-state index in [2.05, 4.69) is 34.9 Å². The highest BCUT2D eigenvalue weighted by atomic mass is 16.5. The van der Waals surface area contributed by atoms with Crippen LogP contribution < -0.4 is 10.6 Å². The minimum Gasteiger partial charge on any atom is -0.481 e. The van der Waals surface area contributed by atoms with E-state index in [0.717, 1.165) is 30.4 Å². The summed E-state index contributed by atoms with van der Waals surface area (Å²) in [6.45, 7) is 2.68. The summed E-state index contributed by atoms with van der Waals surface area (Å²) in [5.41, 5.74) is 5.19. The number of nitrogens with one attached hydrogen (secondary N) is 2. The number of hydrogen-bond donors (Lipinski definition) is 3. The van der Waals surface area contributed by atoms with Gasteiger partial charge in [-0.1, -0.05) is 67.4 Å². The van der Waals surface area contributed by atoms with Gasteiger partial charge in [0.2, 0.25) is 5.91 Å². The molecule has 180 valence electrons. The molecule has 7 nitrogen and oxygen atoms in total. The van der Waals surface area contributed by atoms with Crippen LogP contribution in [-0.4, -0.2) is 42.8 Å². The monoisotopic (exact) mass is 464 g/mol. The van der Waals surface area contributed by atoms with Gasteiger partial charge in [0.05, 0.1) is 0 Å². The van der Waals surface area contributed by atoms with Crippen molar-refractivity contribution in [2.45, 2.75) is 44.9 Å². The number of alkyl carbamates (subject to hydrolysis) is 1. The molecule has 1 aliphatic rings. The Kier molecular flexibility index (Phi) is 9.26. The van der Waals surface area contributed by atoms with Crippen LogP contribution in [0, 0.1) is 0 Å². The smallest absolute Gasteiger partial charge is 0.407 e. The highest BCUT2D eigenvalue weighted by Gasteiger charge is 2.28. The number of fused-ring (bicyclic) bond motifs is 3. The summed E-state index contributed by atoms with van der Waals surface area (Å²) < 4.78 is 5.49. The number of carboxylic acid groups (broad SMARTS) is 1. The molecule has 0 spiro atoms. The molecule has 3 rings (SSSR count). The molecule has 7 heteroatoms. The van der Waals surface area contributed by atoms with Crippen LogP contribution in [0.15, 0.2) is 60.2 Å². The molecule has 0 aliphatic heterocycles. The second-order valence-corrected chi connectivity index (χ2v) is 8.41. The van der Waals surface area contributed by atoms with Crippen molar-refractivity contribution in [3.05, 3.63) is 71.3 Å². The van der Waals surface area contributed by atoms with E-state index in [0.29, 0.717) is 18.5 Å². The molecular weight excluding hydrogens is 432 g/mol. The molecule has 2 amide bonds. The molecule has 0 aromatic heterocycles. The van der Waals surface area contributed by atoms with Gasteiger partial charge in [-0.2, -0.15) is 0 Å². The van der Waals surface area contributed by atoms with Crippen LogP contribution in [0.1, 0.15) is 56.1 Å². The Bertz CT molecular complexity index is 1000. The van der Waals surface area contributed by atoms with Gasteiger partial charge in [-0.3, -0.25) is 9.59 Å². The quantitative estimate of drug-likeness (QED) is 0.314. The fourth-order valence-corrected chi connectivity index (χ4v) is 4.13. The summed E-state index contributed by atoms with van der Waals surface area (Å²) in [6.07, 6.45) is 4.49. The summed E-state index contributed by atoms with van der Waals surface area (Å²) in [5.74, 6) is -0.953. The predicted molar refractivity (Wildman–Crippen MR) is 131 cm³/mol. The van der Waals surface area contributed by atoms with Crippen LogP contribution in [0.2, 0.25) is 0 Å². The van der Waals surface area contributed by atoms with Crippen molar-refractivity contribution < 1.29 is 24.2 Å². The number of ether oxygens (including phenoxy) is 1. The zero-order valence-corrected chi connectivity index (χ0v) is 19.5. The molecule has 0 radical (unpaired) electrons. The molecule has 0 heterocycles. The van der Waals surface area contributed by atoms with Gasteiger partial charge >= 0.3 is 12.1 Å². The lowest BCUT2D eigenvalue weighted by Gasteiger charge is -2.14. The molecule has 0 unspecified atom stereocenters. The van der Waals surface area contributed by atoms with Crippen LogP contribution in [0.5, 0.6) is 0 Å². The molecule has 2 aromatic rings. The first-order chi connectivity index (χ1) is 16.5. The zero-order chi connectivity index (χ0) is 24.3. The van der Waals surface area contributed by atoms with Gasteiger partial charge < -0.3 is 20.5 Å². The van der Waals surface area contributed by atoms with E-state index in [1.165, 1.54) is 11.1 Å². The van der Waals surface area contributed by atoms with E-state index >= 15 is 0 Å².